The van der Waals surface area contributed by atoms with Crippen molar-refractivity contribution in [1.82, 2.24) is 0 Å². The average Bonchev–Trinajstić information content (AvgIpc) is 2.71. The summed E-state index contributed by atoms with van der Waals surface area (Å²) in [6.07, 6.45) is 0.350. The molecule has 0 amide bonds. The second-order valence-electron chi connectivity index (χ2n) is 7.61. The van der Waals surface area contributed by atoms with Gasteiger partial charge in [0.05, 0.1) is 12.7 Å². The van der Waals surface area contributed by atoms with Crippen LogP contribution >= 0.6 is 0 Å². The molecule has 0 fully saturated rings. The van der Waals surface area contributed by atoms with E-state index in [9.17, 15) is 14.4 Å². The molecule has 1 unspecified atom stereocenters. The van der Waals surface area contributed by atoms with E-state index in [4.69, 9.17) is 22.8 Å². The molecule has 2 aromatic rings. The van der Waals surface area contributed by atoms with Gasteiger partial charge in [-0.3, -0.25) is 14.4 Å². The fourth-order valence-corrected chi connectivity index (χ4v) is 5.85. The number of hydrogen-bond acceptors (Lipinski definition) is 8. The highest BCUT2D eigenvalue weighted by Crippen LogP contribution is 2.38. The molecule has 1 atom stereocenters. The number of carbonyl (C=O) groups is 3. The first-order chi connectivity index (χ1) is 15.1. The van der Waals surface area contributed by atoms with Crippen molar-refractivity contribution in [3.05, 3.63) is 65.2 Å². The Kier molecular flexibility index (Phi) is 7.00. The Morgan fingerprint density at radius 3 is 2.09 bits per heavy atom. The number of aryl methyl sites for hydroxylation is 1. The van der Waals surface area contributed by atoms with Crippen LogP contribution in [0.25, 0.3) is 0 Å². The molecule has 0 saturated heterocycles. The Hall–Kier alpha value is -3.17. The molecule has 32 heavy (non-hydrogen) atoms. The lowest BCUT2D eigenvalue weighted by Gasteiger charge is -2.36. The third kappa shape index (κ3) is 5.74. The van der Waals surface area contributed by atoms with Gasteiger partial charge >= 0.3 is 8.80 Å². The number of benzene rings is 2. The van der Waals surface area contributed by atoms with Gasteiger partial charge in [0, 0.05) is 38.8 Å². The minimum atomic E-state index is -3.88. The third-order valence-corrected chi connectivity index (χ3v) is 7.51. The van der Waals surface area contributed by atoms with Gasteiger partial charge < -0.3 is 22.8 Å². The van der Waals surface area contributed by atoms with Crippen molar-refractivity contribution in [2.75, 3.05) is 0 Å². The van der Waals surface area contributed by atoms with E-state index in [1.807, 2.05) is 55.5 Å². The summed E-state index contributed by atoms with van der Waals surface area (Å²) in [5.41, 5.74) is 2.63. The van der Waals surface area contributed by atoms with Crippen LogP contribution in [0.4, 0.5) is 0 Å². The number of fused-ring (bicyclic) bond motifs is 1. The number of rotatable bonds is 7. The van der Waals surface area contributed by atoms with Crippen molar-refractivity contribution in [3.63, 3.8) is 0 Å². The van der Waals surface area contributed by atoms with Crippen LogP contribution in [-0.2, 0) is 51.2 Å². The predicted molar refractivity (Wildman–Crippen MR) is 115 cm³/mol. The van der Waals surface area contributed by atoms with E-state index in [0.29, 0.717) is 18.8 Å². The molecule has 8 nitrogen and oxygen atoms in total. The van der Waals surface area contributed by atoms with Gasteiger partial charge in [0.15, 0.2) is 0 Å². The van der Waals surface area contributed by atoms with E-state index in [2.05, 4.69) is 0 Å². The molecule has 0 aliphatic carbocycles. The Labute approximate surface area is 187 Å². The summed E-state index contributed by atoms with van der Waals surface area (Å²) in [4.78, 5) is 34.8. The second kappa shape index (κ2) is 9.54. The van der Waals surface area contributed by atoms with Gasteiger partial charge in [-0.15, -0.1) is 0 Å². The highest BCUT2D eigenvalue weighted by atomic mass is 28.4. The van der Waals surface area contributed by atoms with Crippen molar-refractivity contribution in [2.45, 2.75) is 52.6 Å². The van der Waals surface area contributed by atoms with Crippen molar-refractivity contribution >= 4 is 26.7 Å². The highest BCUT2D eigenvalue weighted by molar-refractivity contribution is 6.65. The van der Waals surface area contributed by atoms with Gasteiger partial charge in [0.2, 0.25) is 5.79 Å². The van der Waals surface area contributed by atoms with Crippen molar-refractivity contribution < 1.29 is 37.1 Å². The number of hydrogen-bond donors (Lipinski definition) is 0. The molecule has 3 rings (SSSR count). The number of ether oxygens (including phenoxy) is 2. The summed E-state index contributed by atoms with van der Waals surface area (Å²) in [5, 5.41) is 0. The summed E-state index contributed by atoms with van der Waals surface area (Å²) in [7, 11) is -3.88. The molecule has 1 heterocycles. The van der Waals surface area contributed by atoms with Crippen molar-refractivity contribution in [1.29, 1.82) is 0 Å². The zero-order valence-electron chi connectivity index (χ0n) is 18.5. The van der Waals surface area contributed by atoms with Crippen LogP contribution in [0.3, 0.4) is 0 Å². The van der Waals surface area contributed by atoms with Gasteiger partial charge in [-0.2, -0.15) is 0 Å². The Morgan fingerprint density at radius 2 is 1.53 bits per heavy atom. The highest BCUT2D eigenvalue weighted by Gasteiger charge is 2.51. The molecule has 0 bridgehead atoms. The summed E-state index contributed by atoms with van der Waals surface area (Å²) in [6.45, 7) is 5.73. The van der Waals surface area contributed by atoms with Gasteiger partial charge in [0.25, 0.3) is 17.9 Å². The molecule has 0 radical (unpaired) electrons. The van der Waals surface area contributed by atoms with Gasteiger partial charge in [-0.05, 0) is 24.1 Å². The zero-order valence-corrected chi connectivity index (χ0v) is 19.5. The van der Waals surface area contributed by atoms with Gasteiger partial charge in [-0.25, -0.2) is 0 Å². The van der Waals surface area contributed by atoms with Crippen LogP contribution in [0, 0.1) is 0 Å². The maximum Gasteiger partial charge on any atom is 0.705 e. The molecule has 170 valence electrons. The van der Waals surface area contributed by atoms with Crippen molar-refractivity contribution in [2.24, 2.45) is 0 Å². The Bertz CT molecular complexity index is 966. The van der Waals surface area contributed by atoms with Crippen LogP contribution in [0.5, 0.6) is 5.75 Å². The first kappa shape index (κ1) is 23.5. The molecular weight excluding hydrogens is 432 g/mol. The maximum atomic E-state index is 11.6. The maximum absolute atomic E-state index is 11.6. The topological polar surface area (TPSA) is 97.4 Å². The van der Waals surface area contributed by atoms with Crippen LogP contribution in [-0.4, -0.2) is 26.7 Å². The summed E-state index contributed by atoms with van der Waals surface area (Å²) in [5.74, 6) is -2.25. The van der Waals surface area contributed by atoms with E-state index in [1.165, 1.54) is 20.8 Å². The molecular formula is C23H26O8Si. The quantitative estimate of drug-likeness (QED) is 0.580. The van der Waals surface area contributed by atoms with Crippen LogP contribution in [0.2, 0.25) is 6.04 Å². The van der Waals surface area contributed by atoms with Crippen molar-refractivity contribution in [3.8, 4) is 5.75 Å². The Balaban J connectivity index is 1.77. The third-order valence-electron chi connectivity index (χ3n) is 4.85. The fraction of sp³-hybridized carbons (Fsp3) is 0.348. The lowest BCUT2D eigenvalue weighted by Crippen LogP contribution is -2.49. The van der Waals surface area contributed by atoms with Crippen LogP contribution in [0.15, 0.2) is 48.5 Å². The van der Waals surface area contributed by atoms with Crippen LogP contribution < -0.4 is 4.74 Å². The SMILES string of the molecule is CC(=O)O[Si](CCc1ccc2c(c1)COC(C)(c1ccccc1)O2)(OC(C)=O)OC(C)=O. The van der Waals surface area contributed by atoms with E-state index in [0.717, 1.165) is 16.7 Å². The minimum Gasteiger partial charge on any atom is -0.458 e. The molecule has 1 aliphatic rings. The lowest BCUT2D eigenvalue weighted by atomic mass is 10.0. The number of carbonyl (C=O) groups excluding carboxylic acids is 3. The first-order valence-electron chi connectivity index (χ1n) is 10.2. The molecule has 0 N–H and O–H groups in total. The second-order valence-corrected chi connectivity index (χ2v) is 10.1. The zero-order chi connectivity index (χ0) is 23.4. The molecule has 2 aromatic carbocycles. The van der Waals surface area contributed by atoms with Gasteiger partial charge in [-0.1, -0.05) is 36.4 Å². The van der Waals surface area contributed by atoms with E-state index in [1.54, 1.807) is 0 Å². The summed E-state index contributed by atoms with van der Waals surface area (Å²) in [6, 6.07) is 15.4. The van der Waals surface area contributed by atoms with E-state index >= 15 is 0 Å². The van der Waals surface area contributed by atoms with E-state index in [-0.39, 0.29) is 6.04 Å². The largest absolute Gasteiger partial charge is 0.705 e. The standard InChI is InChI=1S/C23H26O8Si/c1-16(24)29-32(30-17(2)25,31-18(3)26)13-12-19-10-11-22-20(14-19)15-27-23(4,28-22)21-8-6-5-7-9-21/h5-11,14H,12-13,15H2,1-4H3. The summed E-state index contributed by atoms with van der Waals surface area (Å²) < 4.78 is 27.9. The molecule has 9 heteroatoms. The summed E-state index contributed by atoms with van der Waals surface area (Å²) >= 11 is 0. The molecule has 0 saturated carbocycles. The first-order valence-corrected chi connectivity index (χ1v) is 12.1. The Morgan fingerprint density at radius 1 is 0.938 bits per heavy atom. The monoisotopic (exact) mass is 458 g/mol. The fourth-order valence-electron chi connectivity index (χ4n) is 3.51. The lowest BCUT2D eigenvalue weighted by molar-refractivity contribution is -0.201. The normalized spacial score (nSPS) is 17.5. The molecule has 1 aliphatic heterocycles. The van der Waals surface area contributed by atoms with Gasteiger partial charge in [0.1, 0.15) is 5.75 Å². The minimum absolute atomic E-state index is 0.0635. The molecule has 0 spiro atoms. The predicted octanol–water partition coefficient (Wildman–Crippen LogP) is 3.64. The molecule has 0 aromatic heterocycles. The smallest absolute Gasteiger partial charge is 0.458 e. The average molecular weight is 459 g/mol. The van der Waals surface area contributed by atoms with E-state index < -0.39 is 32.5 Å². The van der Waals surface area contributed by atoms with Crippen LogP contribution in [0.1, 0.15) is 44.4 Å².